The number of halogens is 5. The number of carbonyl (C=O) groups excluding carboxylic acids is 2. The SMILES string of the molecule is O=C(O)CC(NC(=O)CNC(=O)c1cc(NC2=NCCCN2)cc(C(F)(F)F)c1)c1cc(Cl)cc(I)c1O. The summed E-state index contributed by atoms with van der Waals surface area (Å²) >= 11 is 7.79. The number of nitrogens with zero attached hydrogens (tertiary/aromatic N) is 1. The number of aromatic hydroxyl groups is 1. The van der Waals surface area contributed by atoms with Crippen LogP contribution >= 0.6 is 34.2 Å². The summed E-state index contributed by atoms with van der Waals surface area (Å²) in [6.07, 6.45) is -4.58. The molecule has 0 saturated heterocycles. The predicted octanol–water partition coefficient (Wildman–Crippen LogP) is 3.49. The van der Waals surface area contributed by atoms with Gasteiger partial charge in [-0.25, -0.2) is 0 Å². The van der Waals surface area contributed by atoms with Crippen molar-refractivity contribution in [3.63, 3.8) is 0 Å². The fourth-order valence-corrected chi connectivity index (χ4v) is 4.58. The third-order valence-corrected chi connectivity index (χ3v) is 6.28. The van der Waals surface area contributed by atoms with Gasteiger partial charge in [0, 0.05) is 34.9 Å². The molecule has 1 unspecified atom stereocenters. The first-order valence-electron chi connectivity index (χ1n) is 11.1. The monoisotopic (exact) mass is 667 g/mol. The van der Waals surface area contributed by atoms with Gasteiger partial charge >= 0.3 is 12.1 Å². The molecule has 0 aromatic heterocycles. The predicted molar refractivity (Wildman–Crippen MR) is 141 cm³/mol. The minimum atomic E-state index is -4.74. The number of aliphatic imine (C=N–C) groups is 1. The lowest BCUT2D eigenvalue weighted by Crippen LogP contribution is -2.39. The molecule has 10 nitrogen and oxygen atoms in total. The number of amides is 2. The molecular weight excluding hydrogens is 646 g/mol. The molecule has 2 aromatic carbocycles. The van der Waals surface area contributed by atoms with Gasteiger partial charge in [0.15, 0.2) is 5.96 Å². The number of aliphatic carboxylic acids is 1. The molecule has 1 aliphatic heterocycles. The fourth-order valence-electron chi connectivity index (χ4n) is 3.52. The summed E-state index contributed by atoms with van der Waals surface area (Å²) < 4.78 is 40.7. The van der Waals surface area contributed by atoms with E-state index in [1.54, 1.807) is 22.6 Å². The number of carbonyl (C=O) groups is 3. The van der Waals surface area contributed by atoms with Crippen molar-refractivity contribution < 1.29 is 37.8 Å². The molecular formula is C23H22ClF3IN5O5. The topological polar surface area (TPSA) is 152 Å². The zero-order valence-corrected chi connectivity index (χ0v) is 22.4. The van der Waals surface area contributed by atoms with E-state index in [1.807, 2.05) is 0 Å². The molecule has 3 rings (SSSR count). The first-order chi connectivity index (χ1) is 17.8. The summed E-state index contributed by atoms with van der Waals surface area (Å²) in [5.74, 6) is -3.10. The van der Waals surface area contributed by atoms with Gasteiger partial charge in [0.05, 0.1) is 28.1 Å². The number of anilines is 1. The van der Waals surface area contributed by atoms with Crippen LogP contribution in [-0.2, 0) is 15.8 Å². The molecule has 1 heterocycles. The number of carboxylic acids is 1. The number of hydrogen-bond donors (Lipinski definition) is 6. The molecule has 1 aliphatic rings. The Morgan fingerprint density at radius 1 is 1.18 bits per heavy atom. The Balaban J connectivity index is 1.74. The van der Waals surface area contributed by atoms with E-state index in [-0.39, 0.29) is 33.5 Å². The fraction of sp³-hybridized carbons (Fsp3) is 0.304. The minimum Gasteiger partial charge on any atom is -0.506 e. The Morgan fingerprint density at radius 2 is 1.92 bits per heavy atom. The van der Waals surface area contributed by atoms with E-state index in [9.17, 15) is 37.8 Å². The summed E-state index contributed by atoms with van der Waals surface area (Å²) in [7, 11) is 0. The molecule has 0 spiro atoms. The quantitative estimate of drug-likeness (QED) is 0.236. The lowest BCUT2D eigenvalue weighted by atomic mass is 10.0. The number of carboxylic acid groups (broad SMARTS) is 1. The molecule has 0 saturated carbocycles. The van der Waals surface area contributed by atoms with Gasteiger partial charge in [-0.15, -0.1) is 0 Å². The minimum absolute atomic E-state index is 0.0323. The van der Waals surface area contributed by atoms with Gasteiger partial charge in [0.2, 0.25) is 5.91 Å². The molecule has 0 radical (unpaired) electrons. The second-order valence-electron chi connectivity index (χ2n) is 8.16. The van der Waals surface area contributed by atoms with Gasteiger partial charge < -0.3 is 31.5 Å². The van der Waals surface area contributed by atoms with Gasteiger partial charge in [-0.2, -0.15) is 13.2 Å². The molecule has 15 heteroatoms. The van der Waals surface area contributed by atoms with E-state index in [0.29, 0.717) is 22.7 Å². The molecule has 2 aromatic rings. The lowest BCUT2D eigenvalue weighted by molar-refractivity contribution is -0.138. The highest BCUT2D eigenvalue weighted by Crippen LogP contribution is 2.34. The van der Waals surface area contributed by atoms with Crippen LogP contribution in [0, 0.1) is 3.57 Å². The van der Waals surface area contributed by atoms with Gasteiger partial charge in [-0.1, -0.05) is 11.6 Å². The average molecular weight is 668 g/mol. The van der Waals surface area contributed by atoms with E-state index in [0.717, 1.165) is 12.5 Å². The first-order valence-corrected chi connectivity index (χ1v) is 12.5. The summed E-state index contributed by atoms with van der Waals surface area (Å²) in [6, 6.07) is 4.20. The molecule has 1 atom stereocenters. The van der Waals surface area contributed by atoms with Gasteiger partial charge in [-0.05, 0) is 59.3 Å². The Hall–Kier alpha value is -3.27. The maximum Gasteiger partial charge on any atom is 0.416 e. The van der Waals surface area contributed by atoms with Gasteiger partial charge in [-0.3, -0.25) is 19.4 Å². The lowest BCUT2D eigenvalue weighted by Gasteiger charge is -2.20. The Bertz CT molecular complexity index is 1270. The summed E-state index contributed by atoms with van der Waals surface area (Å²) in [5, 5.41) is 30.0. The van der Waals surface area contributed by atoms with Crippen molar-refractivity contribution in [3.05, 3.63) is 55.6 Å². The first kappa shape index (κ1) is 29.3. The zero-order chi connectivity index (χ0) is 28.0. The molecule has 0 fully saturated rings. The summed E-state index contributed by atoms with van der Waals surface area (Å²) in [6.45, 7) is 0.397. The van der Waals surface area contributed by atoms with E-state index in [4.69, 9.17) is 11.6 Å². The molecule has 38 heavy (non-hydrogen) atoms. The smallest absolute Gasteiger partial charge is 0.416 e. The number of rotatable bonds is 8. The van der Waals surface area contributed by atoms with Crippen molar-refractivity contribution in [2.45, 2.75) is 25.1 Å². The van der Waals surface area contributed by atoms with Crippen LogP contribution in [0.2, 0.25) is 5.02 Å². The normalized spacial score (nSPS) is 14.1. The van der Waals surface area contributed by atoms with Crippen LogP contribution in [0.5, 0.6) is 5.75 Å². The molecule has 204 valence electrons. The number of guanidine groups is 1. The van der Waals surface area contributed by atoms with Crippen LogP contribution in [0.1, 0.15) is 40.4 Å². The zero-order valence-electron chi connectivity index (χ0n) is 19.5. The van der Waals surface area contributed by atoms with Crippen LogP contribution in [0.3, 0.4) is 0 Å². The van der Waals surface area contributed by atoms with Crippen LogP contribution in [0.15, 0.2) is 35.3 Å². The van der Waals surface area contributed by atoms with Gasteiger partial charge in [0.1, 0.15) is 5.75 Å². The number of hydrogen-bond acceptors (Lipinski definition) is 7. The van der Waals surface area contributed by atoms with E-state index < -0.39 is 48.5 Å². The van der Waals surface area contributed by atoms with Crippen LogP contribution < -0.4 is 21.3 Å². The van der Waals surface area contributed by atoms with Crippen molar-refractivity contribution in [2.75, 3.05) is 25.0 Å². The van der Waals surface area contributed by atoms with E-state index >= 15 is 0 Å². The van der Waals surface area contributed by atoms with Crippen molar-refractivity contribution in [3.8, 4) is 5.75 Å². The number of nitrogens with one attached hydrogen (secondary N) is 4. The van der Waals surface area contributed by atoms with Crippen LogP contribution in [0.25, 0.3) is 0 Å². The highest BCUT2D eigenvalue weighted by molar-refractivity contribution is 14.1. The third-order valence-electron chi connectivity index (χ3n) is 5.24. The van der Waals surface area contributed by atoms with Crippen molar-refractivity contribution in [2.24, 2.45) is 4.99 Å². The van der Waals surface area contributed by atoms with Gasteiger partial charge in [0.25, 0.3) is 5.91 Å². The maximum absolute atomic E-state index is 13.5. The number of alkyl halides is 3. The Labute approximate surface area is 233 Å². The highest BCUT2D eigenvalue weighted by Gasteiger charge is 2.32. The highest BCUT2D eigenvalue weighted by atomic mass is 127. The maximum atomic E-state index is 13.5. The molecule has 2 amide bonds. The largest absolute Gasteiger partial charge is 0.506 e. The molecule has 0 bridgehead atoms. The van der Waals surface area contributed by atoms with Crippen molar-refractivity contribution >= 4 is 63.6 Å². The number of phenolic OH excluding ortho intramolecular Hbond substituents is 1. The average Bonchev–Trinajstić information content (AvgIpc) is 2.84. The number of benzene rings is 2. The summed E-state index contributed by atoms with van der Waals surface area (Å²) in [5.41, 5.74) is -1.43. The van der Waals surface area contributed by atoms with E-state index in [2.05, 4.69) is 26.3 Å². The second-order valence-corrected chi connectivity index (χ2v) is 9.76. The number of phenols is 1. The van der Waals surface area contributed by atoms with Crippen molar-refractivity contribution in [1.82, 2.24) is 16.0 Å². The van der Waals surface area contributed by atoms with Crippen LogP contribution in [-0.4, -0.2) is 53.6 Å². The standard InChI is InChI=1S/C23H22ClF3IN5O5/c24-13-7-15(20(37)16(28)8-13)17(9-19(35)36)33-18(34)10-31-21(38)11-4-12(23(25,26)27)6-14(5-11)32-22-29-2-1-3-30-22/h4-8,17,37H,1-3,9-10H2,(H,31,38)(H,33,34)(H,35,36)(H2,29,30,32). The third kappa shape index (κ3) is 8.11. The second kappa shape index (κ2) is 12.5. The van der Waals surface area contributed by atoms with Crippen LogP contribution in [0.4, 0.5) is 18.9 Å². The Morgan fingerprint density at radius 3 is 2.55 bits per heavy atom. The molecule has 0 aliphatic carbocycles. The van der Waals surface area contributed by atoms with Crippen molar-refractivity contribution in [1.29, 1.82) is 0 Å². The molecule has 6 N–H and O–H groups in total. The van der Waals surface area contributed by atoms with E-state index in [1.165, 1.54) is 18.2 Å². The Kier molecular flexibility index (Phi) is 9.65. The summed E-state index contributed by atoms with van der Waals surface area (Å²) in [4.78, 5) is 40.7.